The molecule has 3 N–H and O–H groups in total. The first-order valence-electron chi connectivity index (χ1n) is 12.4. The van der Waals surface area contributed by atoms with Gasteiger partial charge < -0.3 is 25.2 Å². The molecule has 38 heavy (non-hydrogen) atoms. The van der Waals surface area contributed by atoms with Gasteiger partial charge in [0.05, 0.1) is 17.5 Å². The number of hydrogen-bond donors (Lipinski definition) is 3. The van der Waals surface area contributed by atoms with Crippen molar-refractivity contribution >= 4 is 29.5 Å². The molecule has 0 aliphatic carbocycles. The zero-order valence-corrected chi connectivity index (χ0v) is 22.5. The van der Waals surface area contributed by atoms with E-state index < -0.39 is 28.8 Å². The minimum atomic E-state index is -1.55. The van der Waals surface area contributed by atoms with E-state index in [0.717, 1.165) is 11.1 Å². The molecule has 0 saturated carbocycles. The number of amides is 3. The topological polar surface area (TPSA) is 117 Å². The van der Waals surface area contributed by atoms with Crippen LogP contribution in [0.5, 0.6) is 0 Å². The van der Waals surface area contributed by atoms with Crippen molar-refractivity contribution in [2.24, 2.45) is 7.05 Å². The summed E-state index contributed by atoms with van der Waals surface area (Å²) in [5.74, 6) is -1.03. The van der Waals surface area contributed by atoms with Crippen LogP contribution in [0.3, 0.4) is 0 Å². The van der Waals surface area contributed by atoms with E-state index in [4.69, 9.17) is 0 Å². The van der Waals surface area contributed by atoms with E-state index in [1.54, 1.807) is 35.4 Å². The molecule has 3 atom stereocenters. The van der Waals surface area contributed by atoms with Crippen molar-refractivity contribution in [3.63, 3.8) is 0 Å². The van der Waals surface area contributed by atoms with Gasteiger partial charge in [0.15, 0.2) is 6.10 Å². The fraction of sp³-hybridized carbons (Fsp3) is 0.357. The molecule has 1 aliphatic heterocycles. The number of nitrogens with zero attached hydrogens (tertiary/aromatic N) is 3. The molecule has 1 unspecified atom stereocenters. The predicted molar refractivity (Wildman–Crippen MR) is 146 cm³/mol. The van der Waals surface area contributed by atoms with E-state index >= 15 is 0 Å². The highest BCUT2D eigenvalue weighted by Gasteiger charge is 2.49. The summed E-state index contributed by atoms with van der Waals surface area (Å²) in [6, 6.07) is 13.0. The van der Waals surface area contributed by atoms with E-state index in [2.05, 4.69) is 15.6 Å². The lowest BCUT2D eigenvalue weighted by Gasteiger charge is -2.33. The van der Waals surface area contributed by atoms with Gasteiger partial charge in [0.2, 0.25) is 5.91 Å². The Balaban J connectivity index is 1.53. The Morgan fingerprint density at radius 1 is 1.11 bits per heavy atom. The largest absolute Gasteiger partial charge is 0.381 e. The average Bonchev–Trinajstić information content (AvgIpc) is 3.49. The summed E-state index contributed by atoms with van der Waals surface area (Å²) in [5, 5.41) is 17.1. The highest BCUT2D eigenvalue weighted by atomic mass is 32.2. The Kier molecular flexibility index (Phi) is 8.53. The lowest BCUT2D eigenvalue weighted by Crippen LogP contribution is -2.58. The molecule has 0 bridgehead atoms. The van der Waals surface area contributed by atoms with Crippen LogP contribution in [0.2, 0.25) is 0 Å². The van der Waals surface area contributed by atoms with E-state index in [-0.39, 0.29) is 24.1 Å². The fourth-order valence-corrected chi connectivity index (χ4v) is 5.68. The van der Waals surface area contributed by atoms with Crippen LogP contribution in [0.1, 0.15) is 35.3 Å². The molecule has 1 fully saturated rings. The number of carbonyl (C=O) groups excluding carboxylic acids is 3. The number of aryl methyl sites for hydroxylation is 1. The summed E-state index contributed by atoms with van der Waals surface area (Å²) in [7, 11) is 1.81. The van der Waals surface area contributed by atoms with Crippen LogP contribution in [0.4, 0.5) is 0 Å². The molecule has 0 spiro atoms. The van der Waals surface area contributed by atoms with Crippen LogP contribution in [-0.4, -0.2) is 66.1 Å². The van der Waals surface area contributed by atoms with Crippen LogP contribution >= 0.6 is 11.8 Å². The summed E-state index contributed by atoms with van der Waals surface area (Å²) in [6.45, 7) is 4.12. The van der Waals surface area contributed by atoms with Gasteiger partial charge in [0, 0.05) is 43.1 Å². The normalized spacial score (nSPS) is 18.0. The maximum absolute atomic E-state index is 13.7. The molecule has 4 rings (SSSR count). The number of benzene rings is 1. The average molecular weight is 536 g/mol. The van der Waals surface area contributed by atoms with Crippen molar-refractivity contribution in [2.75, 3.05) is 5.88 Å². The summed E-state index contributed by atoms with van der Waals surface area (Å²) in [5.41, 5.74) is 2.18. The first kappa shape index (κ1) is 27.4. The van der Waals surface area contributed by atoms with Gasteiger partial charge in [0.1, 0.15) is 6.04 Å². The smallest absolute Gasteiger partial charge is 0.254 e. The second-order valence-corrected chi connectivity index (χ2v) is 11.5. The SMILES string of the molecule is Cn1ccc(C(=O)N[C@@H](Cc2ccccc2)[C@H](O)C(=O)N2CSC(C)(C)C2C(=O)NCc2ccncc2)c1. The molecule has 10 heteroatoms. The van der Waals surface area contributed by atoms with Gasteiger partial charge in [0.25, 0.3) is 11.8 Å². The summed E-state index contributed by atoms with van der Waals surface area (Å²) >= 11 is 1.47. The van der Waals surface area contributed by atoms with Gasteiger partial charge in [-0.1, -0.05) is 30.3 Å². The highest BCUT2D eigenvalue weighted by Crippen LogP contribution is 2.40. The highest BCUT2D eigenvalue weighted by molar-refractivity contribution is 8.00. The van der Waals surface area contributed by atoms with Gasteiger partial charge in [-0.3, -0.25) is 19.4 Å². The minimum Gasteiger partial charge on any atom is -0.381 e. The van der Waals surface area contributed by atoms with E-state index in [1.807, 2.05) is 63.4 Å². The van der Waals surface area contributed by atoms with Crippen LogP contribution in [-0.2, 0) is 29.6 Å². The Hall–Kier alpha value is -3.63. The number of rotatable bonds is 9. The molecule has 1 aliphatic rings. The zero-order valence-electron chi connectivity index (χ0n) is 21.7. The number of aliphatic hydroxyl groups excluding tert-OH is 1. The maximum atomic E-state index is 13.7. The van der Waals surface area contributed by atoms with Crippen LogP contribution < -0.4 is 10.6 Å². The minimum absolute atomic E-state index is 0.246. The van der Waals surface area contributed by atoms with Crippen molar-refractivity contribution in [3.05, 3.63) is 90.0 Å². The zero-order chi connectivity index (χ0) is 27.3. The Bertz CT molecular complexity index is 1260. The van der Waals surface area contributed by atoms with Crippen molar-refractivity contribution in [3.8, 4) is 0 Å². The van der Waals surface area contributed by atoms with E-state index in [9.17, 15) is 19.5 Å². The van der Waals surface area contributed by atoms with Gasteiger partial charge in [-0.05, 0) is 49.6 Å². The molecule has 2 aromatic heterocycles. The monoisotopic (exact) mass is 535 g/mol. The molecule has 200 valence electrons. The summed E-state index contributed by atoms with van der Waals surface area (Å²) in [4.78, 5) is 45.4. The number of aliphatic hydroxyl groups is 1. The molecule has 3 amide bonds. The lowest BCUT2D eigenvalue weighted by atomic mass is 9.97. The Morgan fingerprint density at radius 3 is 2.47 bits per heavy atom. The second kappa shape index (κ2) is 11.8. The number of thioether (sulfide) groups is 1. The number of aromatic nitrogens is 2. The van der Waals surface area contributed by atoms with Crippen LogP contribution in [0.15, 0.2) is 73.3 Å². The van der Waals surface area contributed by atoms with Crippen LogP contribution in [0.25, 0.3) is 0 Å². The Labute approximate surface area is 226 Å². The number of nitrogens with one attached hydrogen (secondary N) is 2. The molecular formula is C28H33N5O4S. The van der Waals surface area contributed by atoms with Gasteiger partial charge >= 0.3 is 0 Å². The molecule has 1 saturated heterocycles. The predicted octanol–water partition coefficient (Wildman–Crippen LogP) is 2.12. The quantitative estimate of drug-likeness (QED) is 0.387. The van der Waals surface area contributed by atoms with Gasteiger partial charge in [-0.15, -0.1) is 11.8 Å². The first-order chi connectivity index (χ1) is 18.2. The lowest BCUT2D eigenvalue weighted by molar-refractivity contribution is -0.147. The van der Waals surface area contributed by atoms with Crippen LogP contribution in [0, 0.1) is 0 Å². The summed E-state index contributed by atoms with van der Waals surface area (Å²) in [6.07, 6.45) is 5.43. The molecule has 0 radical (unpaired) electrons. The third-order valence-electron chi connectivity index (χ3n) is 6.64. The molecule has 1 aromatic carbocycles. The van der Waals surface area contributed by atoms with Crippen molar-refractivity contribution in [1.82, 2.24) is 25.1 Å². The van der Waals surface area contributed by atoms with Crippen molar-refractivity contribution in [1.29, 1.82) is 0 Å². The molecule has 3 heterocycles. The first-order valence-corrected chi connectivity index (χ1v) is 13.4. The second-order valence-electron chi connectivity index (χ2n) is 9.94. The van der Waals surface area contributed by atoms with E-state index in [0.29, 0.717) is 12.1 Å². The molecule has 3 aromatic rings. The number of hydrogen-bond acceptors (Lipinski definition) is 6. The van der Waals surface area contributed by atoms with E-state index in [1.165, 1.54) is 16.7 Å². The third-order valence-corrected chi connectivity index (χ3v) is 8.01. The molecular weight excluding hydrogens is 502 g/mol. The van der Waals surface area contributed by atoms with Gasteiger partial charge in [-0.2, -0.15) is 0 Å². The molecule has 9 nitrogen and oxygen atoms in total. The fourth-order valence-electron chi connectivity index (χ4n) is 4.54. The standard InChI is InChI=1S/C28H33N5O4S/c1-28(2)24(26(36)30-16-20-9-12-29-13-10-20)33(18-38-28)27(37)23(34)22(15-19-7-5-4-6-8-19)31-25(35)21-11-14-32(3)17-21/h4-14,17,22-24,34H,15-16,18H2,1-3H3,(H,30,36)(H,31,35)/t22-,23-,24?/m0/s1. The van der Waals surface area contributed by atoms with Crippen molar-refractivity contribution in [2.45, 2.75) is 49.7 Å². The maximum Gasteiger partial charge on any atom is 0.254 e. The third kappa shape index (κ3) is 6.43. The summed E-state index contributed by atoms with van der Waals surface area (Å²) < 4.78 is 1.18. The number of pyridine rings is 1. The number of carbonyl (C=O) groups is 3. The van der Waals surface area contributed by atoms with Crippen molar-refractivity contribution < 1.29 is 19.5 Å². The van der Waals surface area contributed by atoms with Gasteiger partial charge in [-0.25, -0.2) is 0 Å². The Morgan fingerprint density at radius 2 is 1.82 bits per heavy atom.